The molecule has 12 heteroatoms. The summed E-state index contributed by atoms with van der Waals surface area (Å²) < 4.78 is 27.3. The first-order chi connectivity index (χ1) is 16.5. The summed E-state index contributed by atoms with van der Waals surface area (Å²) in [6.45, 7) is 1.23. The molecule has 0 heterocycles. The first-order valence-electron chi connectivity index (χ1n) is 11.2. The van der Waals surface area contributed by atoms with E-state index < -0.39 is 20.8 Å². The molecule has 0 saturated heterocycles. The van der Waals surface area contributed by atoms with Crippen LogP contribution in [0.25, 0.3) is 0 Å². The van der Waals surface area contributed by atoms with Crippen molar-refractivity contribution in [3.63, 3.8) is 0 Å². The van der Waals surface area contributed by atoms with E-state index in [1.165, 1.54) is 37.4 Å². The largest absolute Gasteiger partial charge is 0.627 e. The van der Waals surface area contributed by atoms with Crippen molar-refractivity contribution in [2.45, 2.75) is 43.4 Å². The Labute approximate surface area is 215 Å². The number of nitrogens with one attached hydrogen (secondary N) is 2. The van der Waals surface area contributed by atoms with Gasteiger partial charge in [-0.25, -0.2) is 18.4 Å². The van der Waals surface area contributed by atoms with E-state index in [0.29, 0.717) is 42.6 Å². The Bertz CT molecular complexity index is 1000. The van der Waals surface area contributed by atoms with E-state index in [2.05, 4.69) is 32.5 Å². The number of primary sulfonamides is 1. The van der Waals surface area contributed by atoms with Gasteiger partial charge in [-0.2, -0.15) is 0 Å². The van der Waals surface area contributed by atoms with E-state index in [0.717, 1.165) is 25.7 Å². The van der Waals surface area contributed by atoms with Gasteiger partial charge in [-0.3, -0.25) is 4.79 Å². The highest BCUT2D eigenvalue weighted by atomic mass is 79.9. The smallest absolute Gasteiger partial charge is 0.407 e. The maximum absolute atomic E-state index is 12.4. The molecule has 1 rings (SSSR count). The van der Waals surface area contributed by atoms with Crippen LogP contribution in [-0.4, -0.2) is 58.4 Å². The Hall–Kier alpha value is -2.43. The van der Waals surface area contributed by atoms with Crippen molar-refractivity contribution in [1.82, 2.24) is 10.6 Å². The third-order valence-corrected chi connectivity index (χ3v) is 6.93. The number of carbonyl (C=O) groups is 2. The predicted molar refractivity (Wildman–Crippen MR) is 137 cm³/mol. The molecule has 2 amide bonds. The van der Waals surface area contributed by atoms with E-state index >= 15 is 0 Å². The van der Waals surface area contributed by atoms with Crippen LogP contribution in [0.15, 0.2) is 39.8 Å². The second kappa shape index (κ2) is 15.5. The lowest BCUT2D eigenvalue weighted by Crippen LogP contribution is -2.35. The zero-order valence-corrected chi connectivity index (χ0v) is 22.2. The minimum Gasteiger partial charge on any atom is -0.627 e. The molecule has 0 aromatic heterocycles. The van der Waals surface area contributed by atoms with E-state index in [1.807, 2.05) is 0 Å². The van der Waals surface area contributed by atoms with Gasteiger partial charge in [0, 0.05) is 53.5 Å². The number of terminal acetylenes is 1. The Kier molecular flexibility index (Phi) is 13.6. The van der Waals surface area contributed by atoms with Gasteiger partial charge in [0.1, 0.15) is 6.61 Å². The molecule has 1 atom stereocenters. The number of nitrogens with zero attached hydrogens (tertiary/aromatic N) is 1. The number of alkyl carbamates (subject to hydrolysis) is 1. The summed E-state index contributed by atoms with van der Waals surface area (Å²) in [6, 6.07) is 5.40. The van der Waals surface area contributed by atoms with E-state index in [9.17, 15) is 23.2 Å². The fourth-order valence-corrected chi connectivity index (χ4v) is 3.74. The van der Waals surface area contributed by atoms with Crippen molar-refractivity contribution in [3.05, 3.63) is 45.7 Å². The second-order valence-corrected chi connectivity index (χ2v) is 10.3. The number of hydroxylamine groups is 3. The quantitative estimate of drug-likeness (QED) is 0.0965. The third-order valence-electron chi connectivity index (χ3n) is 4.93. The van der Waals surface area contributed by atoms with Gasteiger partial charge in [-0.15, -0.1) is 12.3 Å². The minimum absolute atomic E-state index is 0.0257. The molecule has 0 fully saturated rings. The van der Waals surface area contributed by atoms with Crippen LogP contribution in [0.5, 0.6) is 0 Å². The number of nitrogens with two attached hydrogens (primary N) is 1. The summed E-state index contributed by atoms with van der Waals surface area (Å²) in [6.07, 6.45) is 10.5. The molecular weight excluding hydrogens is 540 g/mol. The second-order valence-electron chi connectivity index (χ2n) is 7.92. The standard InChI is InChI=1S/C23H33BrN4O6S/c1-3-4-9-17-28(2,31)21(24)14-18-34-23(30)27-16-8-6-5-7-15-26-22(29)19-10-12-20(13-11-19)35(25,32)33/h1,10-14H,4-9,15-18H2,2H3,(H,26,29)(H,27,30)(H2,25,32,33). The van der Waals surface area contributed by atoms with E-state index in [4.69, 9.17) is 16.3 Å². The first-order valence-corrected chi connectivity index (χ1v) is 13.5. The normalized spacial score (nSPS) is 13.4. The number of unbranched alkanes of at least 4 members (excludes halogenated alkanes) is 4. The molecule has 1 unspecified atom stereocenters. The summed E-state index contributed by atoms with van der Waals surface area (Å²) in [5.41, 5.74) is 0.352. The number of halogens is 1. The SMILES string of the molecule is C#CCCC[N+](C)([O-])C(Br)=CCOC(=O)NCCCCCCNC(=O)c1ccc(S(N)(=O)=O)cc1. The lowest BCUT2D eigenvalue weighted by Gasteiger charge is -2.37. The predicted octanol–water partition coefficient (Wildman–Crippen LogP) is 2.94. The maximum atomic E-state index is 12.4. The summed E-state index contributed by atoms with van der Waals surface area (Å²) >= 11 is 3.23. The molecule has 0 radical (unpaired) electrons. The molecule has 1 aromatic rings. The van der Waals surface area contributed by atoms with Crippen LogP contribution in [0.1, 0.15) is 48.9 Å². The van der Waals surface area contributed by atoms with Gasteiger partial charge in [0.15, 0.2) is 4.61 Å². The molecule has 1 aromatic carbocycles. The van der Waals surface area contributed by atoms with Gasteiger partial charge in [0.05, 0.1) is 18.5 Å². The number of hydrogen-bond acceptors (Lipinski definition) is 6. The fraction of sp³-hybridized carbons (Fsp3) is 0.478. The summed E-state index contributed by atoms with van der Waals surface area (Å²) in [4.78, 5) is 23.8. The molecule has 10 nitrogen and oxygen atoms in total. The van der Waals surface area contributed by atoms with Crippen molar-refractivity contribution < 1.29 is 27.4 Å². The molecule has 0 saturated carbocycles. The van der Waals surface area contributed by atoms with Gasteiger partial charge in [0.25, 0.3) is 5.91 Å². The van der Waals surface area contributed by atoms with Crippen LogP contribution in [0.2, 0.25) is 0 Å². The van der Waals surface area contributed by atoms with Crippen LogP contribution in [-0.2, 0) is 14.8 Å². The highest BCUT2D eigenvalue weighted by molar-refractivity contribution is 9.11. The zero-order chi connectivity index (χ0) is 26.3. The monoisotopic (exact) mass is 572 g/mol. The highest BCUT2D eigenvalue weighted by Gasteiger charge is 2.15. The number of hydrogen-bond donors (Lipinski definition) is 3. The number of benzene rings is 1. The van der Waals surface area contributed by atoms with Gasteiger partial charge in [0.2, 0.25) is 10.0 Å². The molecule has 4 N–H and O–H groups in total. The van der Waals surface area contributed by atoms with Crippen molar-refractivity contribution in [1.29, 1.82) is 0 Å². The molecule has 35 heavy (non-hydrogen) atoms. The van der Waals surface area contributed by atoms with Crippen LogP contribution >= 0.6 is 15.9 Å². The summed E-state index contributed by atoms with van der Waals surface area (Å²) in [5.74, 6) is 2.20. The van der Waals surface area contributed by atoms with Crippen molar-refractivity contribution in [2.75, 3.05) is 33.3 Å². The van der Waals surface area contributed by atoms with Crippen molar-refractivity contribution >= 4 is 38.0 Å². The molecule has 0 aliphatic heterocycles. The lowest BCUT2D eigenvalue weighted by atomic mass is 10.2. The minimum atomic E-state index is -3.79. The number of rotatable bonds is 15. The molecule has 194 valence electrons. The number of amides is 2. The molecule has 0 aliphatic rings. The average Bonchev–Trinajstić information content (AvgIpc) is 2.80. The number of ether oxygens (including phenoxy) is 1. The first kappa shape index (κ1) is 30.6. The van der Waals surface area contributed by atoms with E-state index in [-0.39, 0.29) is 17.4 Å². The van der Waals surface area contributed by atoms with Crippen molar-refractivity contribution in [3.8, 4) is 12.3 Å². The van der Waals surface area contributed by atoms with Crippen molar-refractivity contribution in [2.24, 2.45) is 5.14 Å². The lowest BCUT2D eigenvalue weighted by molar-refractivity contribution is -0.812. The van der Waals surface area contributed by atoms with Crippen LogP contribution in [0.4, 0.5) is 4.79 Å². The van der Waals surface area contributed by atoms with Crippen LogP contribution in [0.3, 0.4) is 0 Å². The molecule has 0 bridgehead atoms. The van der Waals surface area contributed by atoms with Gasteiger partial charge in [-0.1, -0.05) is 12.8 Å². The summed E-state index contributed by atoms with van der Waals surface area (Å²) in [5, 5.41) is 22.8. The Morgan fingerprint density at radius 1 is 1.14 bits per heavy atom. The van der Waals surface area contributed by atoms with Gasteiger partial charge in [-0.05, 0) is 37.1 Å². The third kappa shape index (κ3) is 12.7. The molecular formula is C23H33BrN4O6S. The number of sulfonamides is 1. The summed E-state index contributed by atoms with van der Waals surface area (Å²) in [7, 11) is -2.29. The zero-order valence-electron chi connectivity index (χ0n) is 19.8. The van der Waals surface area contributed by atoms with E-state index in [1.54, 1.807) is 0 Å². The highest BCUT2D eigenvalue weighted by Crippen LogP contribution is 2.20. The number of quaternary nitrogens is 1. The topological polar surface area (TPSA) is 151 Å². The average molecular weight is 574 g/mol. The van der Waals surface area contributed by atoms with Crippen LogP contribution < -0.4 is 15.8 Å². The Morgan fingerprint density at radius 2 is 1.74 bits per heavy atom. The molecule has 0 spiro atoms. The fourth-order valence-electron chi connectivity index (χ4n) is 2.91. The Balaban J connectivity index is 2.13. The van der Waals surface area contributed by atoms with Gasteiger partial charge < -0.3 is 25.2 Å². The molecule has 0 aliphatic carbocycles. The maximum Gasteiger partial charge on any atom is 0.407 e. The van der Waals surface area contributed by atoms with Crippen LogP contribution in [0, 0.1) is 17.6 Å². The van der Waals surface area contributed by atoms with Gasteiger partial charge >= 0.3 is 6.09 Å². The number of carbonyl (C=O) groups excluding carboxylic acids is 2. The Morgan fingerprint density at radius 3 is 2.31 bits per heavy atom.